The number of amides is 1. The van der Waals surface area contributed by atoms with Crippen LogP contribution in [0.4, 0.5) is 4.39 Å². The van der Waals surface area contributed by atoms with Crippen molar-refractivity contribution in [1.29, 1.82) is 0 Å². The van der Waals surface area contributed by atoms with Crippen LogP contribution in [0.25, 0.3) is 0 Å². The van der Waals surface area contributed by atoms with E-state index in [0.717, 1.165) is 24.3 Å². The Morgan fingerprint density at radius 1 is 0.933 bits per heavy atom. The van der Waals surface area contributed by atoms with E-state index in [0.29, 0.717) is 5.56 Å². The third-order valence-corrected chi connectivity index (χ3v) is 9.00. The molecular weight excluding hydrogens is 431 g/mol. The van der Waals surface area contributed by atoms with Crippen LogP contribution in [0, 0.1) is 5.82 Å². The Bertz CT molecular complexity index is 1100. The van der Waals surface area contributed by atoms with E-state index in [1.54, 1.807) is 24.3 Å². The fraction of sp³-hybridized carbons (Fsp3) is 0.350. The Morgan fingerprint density at radius 3 is 2.07 bits per heavy atom. The quantitative estimate of drug-likeness (QED) is 0.619. The van der Waals surface area contributed by atoms with Crippen molar-refractivity contribution in [3.8, 4) is 0 Å². The normalized spacial score (nSPS) is 16.9. The number of carbonyl (C=O) groups is 1. The molecule has 1 fully saturated rings. The van der Waals surface area contributed by atoms with Crippen LogP contribution >= 0.6 is 0 Å². The number of halogens is 1. The maximum atomic E-state index is 13.1. The molecule has 0 spiro atoms. The minimum atomic E-state index is -3.98. The molecule has 0 aromatic heterocycles. The lowest BCUT2D eigenvalue weighted by atomic mass is 10.2. The average molecular weight is 455 g/mol. The number of rotatable bonds is 6. The molecule has 1 aliphatic rings. The Labute approximate surface area is 176 Å². The lowest BCUT2D eigenvalue weighted by molar-refractivity contribution is -0.131. The van der Waals surface area contributed by atoms with E-state index in [1.807, 2.05) is 6.07 Å². The third kappa shape index (κ3) is 4.88. The second-order valence-corrected chi connectivity index (χ2v) is 11.3. The zero-order valence-electron chi connectivity index (χ0n) is 16.4. The first-order valence-corrected chi connectivity index (χ1v) is 12.6. The Balaban J connectivity index is 1.64. The second kappa shape index (κ2) is 8.83. The van der Waals surface area contributed by atoms with Gasteiger partial charge in [-0.25, -0.2) is 21.2 Å². The lowest BCUT2D eigenvalue weighted by Gasteiger charge is -2.35. The van der Waals surface area contributed by atoms with Gasteiger partial charge in [-0.1, -0.05) is 30.3 Å². The molecule has 3 rings (SSSR count). The molecule has 2 aromatic rings. The van der Waals surface area contributed by atoms with Gasteiger partial charge in [0.25, 0.3) is 0 Å². The van der Waals surface area contributed by atoms with Crippen molar-refractivity contribution in [2.45, 2.75) is 22.8 Å². The smallest absolute Gasteiger partial charge is 0.241 e. The number of benzene rings is 2. The summed E-state index contributed by atoms with van der Waals surface area (Å²) in [7, 11) is -7.52. The van der Waals surface area contributed by atoms with Gasteiger partial charge in [-0.2, -0.15) is 4.31 Å². The average Bonchev–Trinajstić information content (AvgIpc) is 2.73. The summed E-state index contributed by atoms with van der Waals surface area (Å²) in [5.41, 5.74) is 0.676. The SMILES string of the molecule is CC(C(=O)N1CCN(S(=O)(=O)Cc2ccccc2)CC1)S(=O)(=O)c1ccc(F)cc1. The van der Waals surface area contributed by atoms with E-state index in [1.165, 1.54) is 16.1 Å². The largest absolute Gasteiger partial charge is 0.339 e. The van der Waals surface area contributed by atoms with Crippen LogP contribution in [0.2, 0.25) is 0 Å². The molecular formula is C20H23FN2O5S2. The summed E-state index contributed by atoms with van der Waals surface area (Å²) >= 11 is 0. The van der Waals surface area contributed by atoms with Crippen LogP contribution in [0.3, 0.4) is 0 Å². The fourth-order valence-corrected chi connectivity index (χ4v) is 6.14. The first-order chi connectivity index (χ1) is 14.1. The highest BCUT2D eigenvalue weighted by Crippen LogP contribution is 2.20. The Hall–Kier alpha value is -2.30. The summed E-state index contributed by atoms with van der Waals surface area (Å²) < 4.78 is 65.0. The predicted octanol–water partition coefficient (Wildman–Crippen LogP) is 1.66. The summed E-state index contributed by atoms with van der Waals surface area (Å²) in [6.45, 7) is 1.71. The van der Waals surface area contributed by atoms with Crippen LogP contribution < -0.4 is 0 Å². The summed E-state index contributed by atoms with van der Waals surface area (Å²) in [6, 6.07) is 13.1. The standard InChI is InChI=1S/C20H23FN2O5S2/c1-16(30(27,28)19-9-7-18(21)8-10-19)20(24)22-11-13-23(14-12-22)29(25,26)15-17-5-3-2-4-6-17/h2-10,16H,11-15H2,1H3. The molecule has 162 valence electrons. The molecule has 0 saturated carbocycles. The molecule has 2 aromatic carbocycles. The highest BCUT2D eigenvalue weighted by atomic mass is 32.2. The number of sulfone groups is 1. The van der Waals surface area contributed by atoms with Crippen LogP contribution in [-0.2, 0) is 30.4 Å². The molecule has 0 aliphatic carbocycles. The summed E-state index contributed by atoms with van der Waals surface area (Å²) in [5.74, 6) is -1.29. The van der Waals surface area contributed by atoms with Gasteiger partial charge in [0.05, 0.1) is 10.6 Å². The predicted molar refractivity (Wildman–Crippen MR) is 110 cm³/mol. The van der Waals surface area contributed by atoms with Gasteiger partial charge in [0, 0.05) is 26.2 Å². The minimum absolute atomic E-state index is 0.101. The molecule has 30 heavy (non-hydrogen) atoms. The van der Waals surface area contributed by atoms with Crippen molar-refractivity contribution in [3.05, 3.63) is 66.0 Å². The second-order valence-electron chi connectivity index (χ2n) is 7.11. The molecule has 0 radical (unpaired) electrons. The van der Waals surface area contributed by atoms with Crippen molar-refractivity contribution >= 4 is 25.8 Å². The van der Waals surface area contributed by atoms with Crippen LogP contribution in [0.15, 0.2) is 59.5 Å². The molecule has 1 saturated heterocycles. The van der Waals surface area contributed by atoms with Gasteiger partial charge < -0.3 is 4.90 Å². The maximum absolute atomic E-state index is 13.1. The zero-order valence-corrected chi connectivity index (χ0v) is 18.1. The Kier molecular flexibility index (Phi) is 6.59. The molecule has 7 nitrogen and oxygen atoms in total. The molecule has 1 amide bonds. The van der Waals surface area contributed by atoms with Gasteiger partial charge >= 0.3 is 0 Å². The summed E-state index contributed by atoms with van der Waals surface area (Å²) in [5, 5.41) is -1.35. The maximum Gasteiger partial charge on any atom is 0.241 e. The number of hydrogen-bond donors (Lipinski definition) is 0. The molecule has 1 aliphatic heterocycles. The summed E-state index contributed by atoms with van der Waals surface area (Å²) in [6.07, 6.45) is 0. The number of carbonyl (C=O) groups excluding carboxylic acids is 1. The van der Waals surface area contributed by atoms with Gasteiger partial charge in [-0.3, -0.25) is 4.79 Å². The first-order valence-electron chi connectivity index (χ1n) is 9.41. The van der Waals surface area contributed by atoms with Crippen LogP contribution in [0.5, 0.6) is 0 Å². The van der Waals surface area contributed by atoms with E-state index in [-0.39, 0.29) is 36.8 Å². The van der Waals surface area contributed by atoms with Gasteiger partial charge in [0.1, 0.15) is 11.1 Å². The van der Waals surface area contributed by atoms with Crippen molar-refractivity contribution in [1.82, 2.24) is 9.21 Å². The number of sulfonamides is 1. The van der Waals surface area contributed by atoms with Gasteiger partial charge in [0.2, 0.25) is 15.9 Å². The van der Waals surface area contributed by atoms with Gasteiger partial charge in [-0.05, 0) is 36.8 Å². The monoisotopic (exact) mass is 454 g/mol. The Morgan fingerprint density at radius 2 is 1.50 bits per heavy atom. The highest BCUT2D eigenvalue weighted by molar-refractivity contribution is 7.92. The topological polar surface area (TPSA) is 91.8 Å². The molecule has 1 heterocycles. The lowest BCUT2D eigenvalue weighted by Crippen LogP contribution is -2.53. The molecule has 1 unspecified atom stereocenters. The molecule has 0 N–H and O–H groups in total. The van der Waals surface area contributed by atoms with E-state index in [4.69, 9.17) is 0 Å². The van der Waals surface area contributed by atoms with Crippen molar-refractivity contribution < 1.29 is 26.0 Å². The number of nitrogens with zero attached hydrogens (tertiary/aromatic N) is 2. The highest BCUT2D eigenvalue weighted by Gasteiger charge is 2.36. The van der Waals surface area contributed by atoms with Gasteiger partial charge in [0.15, 0.2) is 9.84 Å². The van der Waals surface area contributed by atoms with Crippen LogP contribution in [-0.4, -0.2) is 63.4 Å². The fourth-order valence-electron chi connectivity index (χ4n) is 3.28. The number of hydrogen-bond acceptors (Lipinski definition) is 5. The van der Waals surface area contributed by atoms with E-state index in [9.17, 15) is 26.0 Å². The van der Waals surface area contributed by atoms with Crippen molar-refractivity contribution in [3.63, 3.8) is 0 Å². The van der Waals surface area contributed by atoms with Crippen LogP contribution in [0.1, 0.15) is 12.5 Å². The van der Waals surface area contributed by atoms with E-state index >= 15 is 0 Å². The molecule has 0 bridgehead atoms. The minimum Gasteiger partial charge on any atom is -0.339 e. The van der Waals surface area contributed by atoms with Crippen molar-refractivity contribution in [2.24, 2.45) is 0 Å². The first kappa shape index (κ1) is 22.4. The van der Waals surface area contributed by atoms with Crippen molar-refractivity contribution in [2.75, 3.05) is 26.2 Å². The third-order valence-electron chi connectivity index (χ3n) is 5.09. The number of piperazine rings is 1. The van der Waals surface area contributed by atoms with E-state index < -0.39 is 36.8 Å². The molecule has 10 heteroatoms. The summed E-state index contributed by atoms with van der Waals surface area (Å²) in [4.78, 5) is 14.0. The van der Waals surface area contributed by atoms with Gasteiger partial charge in [-0.15, -0.1) is 0 Å². The molecule has 1 atom stereocenters. The van der Waals surface area contributed by atoms with E-state index in [2.05, 4.69) is 0 Å². The zero-order chi connectivity index (χ0) is 21.9.